The van der Waals surface area contributed by atoms with Crippen LogP contribution in [0, 0.1) is 0 Å². The van der Waals surface area contributed by atoms with Gasteiger partial charge in [0.15, 0.2) is 0 Å². The Hall–Kier alpha value is -4.34. The number of benzene rings is 2. The third-order valence-electron chi connectivity index (χ3n) is 4.12. The molecule has 0 saturated carbocycles. The van der Waals surface area contributed by atoms with Gasteiger partial charge in [-0.05, 0) is 35.4 Å². The van der Waals surface area contributed by atoms with E-state index in [1.165, 1.54) is 46.8 Å². The van der Waals surface area contributed by atoms with E-state index >= 15 is 0 Å². The Morgan fingerprint density at radius 1 is 0.714 bits per heavy atom. The van der Waals surface area contributed by atoms with E-state index < -0.39 is 11.9 Å². The van der Waals surface area contributed by atoms with Gasteiger partial charge in [0.05, 0.1) is 22.5 Å². The molecule has 0 aliphatic carbocycles. The van der Waals surface area contributed by atoms with Crippen LogP contribution in [-0.4, -0.2) is 51.7 Å². The maximum Gasteiger partial charge on any atom is 0.337 e. The standard InChI is InChI=1S/C18H12N6O4/c25-17(26)13-3-1-11(5-15(13)23-9-19-7-21-23)12-2-4-14(18(27)28)16(6-12)24-10-20-8-22-24/h1-10H,(H,25,26)(H,27,28). The molecule has 2 heterocycles. The van der Waals surface area contributed by atoms with E-state index in [4.69, 9.17) is 0 Å². The van der Waals surface area contributed by atoms with Gasteiger partial charge in [-0.25, -0.2) is 28.9 Å². The van der Waals surface area contributed by atoms with Crippen LogP contribution in [0.4, 0.5) is 0 Å². The van der Waals surface area contributed by atoms with Gasteiger partial charge in [-0.3, -0.25) is 0 Å². The topological polar surface area (TPSA) is 136 Å². The van der Waals surface area contributed by atoms with Crippen LogP contribution in [0.1, 0.15) is 20.7 Å². The van der Waals surface area contributed by atoms with Gasteiger partial charge in [0.2, 0.25) is 0 Å². The number of hydrogen-bond acceptors (Lipinski definition) is 6. The predicted molar refractivity (Wildman–Crippen MR) is 95.6 cm³/mol. The molecule has 0 radical (unpaired) electrons. The smallest absolute Gasteiger partial charge is 0.337 e. The molecule has 0 saturated heterocycles. The molecular weight excluding hydrogens is 364 g/mol. The van der Waals surface area contributed by atoms with Gasteiger partial charge in [-0.15, -0.1) is 0 Å². The Morgan fingerprint density at radius 2 is 1.14 bits per heavy atom. The normalized spacial score (nSPS) is 10.7. The zero-order valence-corrected chi connectivity index (χ0v) is 14.2. The van der Waals surface area contributed by atoms with Crippen molar-refractivity contribution in [1.29, 1.82) is 0 Å². The van der Waals surface area contributed by atoms with Crippen molar-refractivity contribution in [3.05, 3.63) is 72.8 Å². The molecule has 0 amide bonds. The van der Waals surface area contributed by atoms with E-state index in [-0.39, 0.29) is 11.1 Å². The van der Waals surface area contributed by atoms with E-state index in [9.17, 15) is 19.8 Å². The minimum atomic E-state index is -1.10. The highest BCUT2D eigenvalue weighted by Crippen LogP contribution is 2.28. The molecule has 138 valence electrons. The number of hydrogen-bond donors (Lipinski definition) is 2. The van der Waals surface area contributed by atoms with Gasteiger partial charge < -0.3 is 10.2 Å². The molecule has 0 spiro atoms. The summed E-state index contributed by atoms with van der Waals surface area (Å²) in [6.07, 6.45) is 5.42. The summed E-state index contributed by atoms with van der Waals surface area (Å²) in [6.45, 7) is 0. The molecule has 10 nitrogen and oxygen atoms in total. The van der Waals surface area contributed by atoms with E-state index in [1.807, 2.05) is 0 Å². The monoisotopic (exact) mass is 376 g/mol. The van der Waals surface area contributed by atoms with Crippen molar-refractivity contribution in [2.24, 2.45) is 0 Å². The molecule has 4 aromatic rings. The first-order valence-corrected chi connectivity index (χ1v) is 7.99. The van der Waals surface area contributed by atoms with Gasteiger partial charge in [-0.2, -0.15) is 10.2 Å². The van der Waals surface area contributed by atoms with Crippen LogP contribution in [0.3, 0.4) is 0 Å². The number of carboxylic acids is 2. The Morgan fingerprint density at radius 3 is 1.46 bits per heavy atom. The van der Waals surface area contributed by atoms with Gasteiger partial charge >= 0.3 is 11.9 Å². The summed E-state index contributed by atoms with van der Waals surface area (Å²) in [4.78, 5) is 30.8. The highest BCUT2D eigenvalue weighted by atomic mass is 16.4. The highest BCUT2D eigenvalue weighted by molar-refractivity contribution is 5.94. The fourth-order valence-electron chi connectivity index (χ4n) is 2.83. The summed E-state index contributed by atoms with van der Waals surface area (Å²) in [5.74, 6) is -2.19. The molecule has 0 atom stereocenters. The molecule has 0 aliphatic rings. The van der Waals surface area contributed by atoms with Crippen molar-refractivity contribution >= 4 is 11.9 Å². The van der Waals surface area contributed by atoms with E-state index in [2.05, 4.69) is 20.2 Å². The summed E-state index contributed by atoms with van der Waals surface area (Å²) in [7, 11) is 0. The van der Waals surface area contributed by atoms with Crippen LogP contribution < -0.4 is 0 Å². The third kappa shape index (κ3) is 2.98. The number of carbonyl (C=O) groups is 2. The van der Waals surface area contributed by atoms with E-state index in [0.29, 0.717) is 22.5 Å². The second-order valence-corrected chi connectivity index (χ2v) is 5.75. The number of aromatic carboxylic acids is 2. The third-order valence-corrected chi connectivity index (χ3v) is 4.12. The summed E-state index contributed by atoms with van der Waals surface area (Å²) in [6, 6.07) is 9.53. The van der Waals surface area contributed by atoms with Crippen molar-refractivity contribution in [3.63, 3.8) is 0 Å². The summed E-state index contributed by atoms with van der Waals surface area (Å²) < 4.78 is 2.72. The van der Waals surface area contributed by atoms with Crippen LogP contribution >= 0.6 is 0 Å². The molecule has 28 heavy (non-hydrogen) atoms. The second kappa shape index (κ2) is 6.76. The van der Waals surface area contributed by atoms with Crippen LogP contribution in [0.25, 0.3) is 22.5 Å². The van der Waals surface area contributed by atoms with Crippen molar-refractivity contribution in [3.8, 4) is 22.5 Å². The summed E-state index contributed by atoms with van der Waals surface area (Å²) in [5, 5.41) is 26.9. The van der Waals surface area contributed by atoms with Gasteiger partial charge in [-0.1, -0.05) is 12.1 Å². The quantitative estimate of drug-likeness (QED) is 0.539. The molecule has 0 aliphatic heterocycles. The number of nitrogens with zero attached hydrogens (tertiary/aromatic N) is 6. The van der Waals surface area contributed by atoms with E-state index in [0.717, 1.165) is 0 Å². The lowest BCUT2D eigenvalue weighted by Crippen LogP contribution is -2.07. The summed E-state index contributed by atoms with van der Waals surface area (Å²) in [5.41, 5.74) is 2.16. The first-order chi connectivity index (χ1) is 13.5. The average molecular weight is 376 g/mol. The average Bonchev–Trinajstić information content (AvgIpc) is 3.40. The minimum absolute atomic E-state index is 0.0629. The Labute approximate surface area is 157 Å². The summed E-state index contributed by atoms with van der Waals surface area (Å²) >= 11 is 0. The van der Waals surface area contributed by atoms with Crippen molar-refractivity contribution < 1.29 is 19.8 Å². The lowest BCUT2D eigenvalue weighted by Gasteiger charge is -2.12. The molecular formula is C18H12N6O4. The van der Waals surface area contributed by atoms with Crippen molar-refractivity contribution in [1.82, 2.24) is 29.5 Å². The fraction of sp³-hybridized carbons (Fsp3) is 0. The van der Waals surface area contributed by atoms with Crippen LogP contribution in [0.5, 0.6) is 0 Å². The van der Waals surface area contributed by atoms with Crippen molar-refractivity contribution in [2.45, 2.75) is 0 Å². The molecule has 0 fully saturated rings. The number of carboxylic acid groups (broad SMARTS) is 2. The molecule has 4 rings (SSSR count). The Kier molecular flexibility index (Phi) is 4.13. The second-order valence-electron chi connectivity index (χ2n) is 5.75. The maximum absolute atomic E-state index is 11.5. The zero-order valence-electron chi connectivity index (χ0n) is 14.2. The first-order valence-electron chi connectivity index (χ1n) is 7.99. The molecule has 2 aromatic heterocycles. The maximum atomic E-state index is 11.5. The molecule has 2 aromatic carbocycles. The Balaban J connectivity index is 1.88. The van der Waals surface area contributed by atoms with Crippen molar-refractivity contribution in [2.75, 3.05) is 0 Å². The number of rotatable bonds is 5. The SMILES string of the molecule is O=C(O)c1ccc(-c2ccc(C(=O)O)c(-n3cncn3)c2)cc1-n1cncn1. The van der Waals surface area contributed by atoms with Gasteiger partial charge in [0, 0.05) is 0 Å². The fourth-order valence-corrected chi connectivity index (χ4v) is 2.83. The van der Waals surface area contributed by atoms with Crippen LogP contribution in [0.15, 0.2) is 61.7 Å². The predicted octanol–water partition coefficient (Wildman–Crippen LogP) is 1.91. The molecule has 10 heteroatoms. The Bertz CT molecular complexity index is 1080. The molecule has 0 unspecified atom stereocenters. The number of aromatic nitrogens is 6. The highest BCUT2D eigenvalue weighted by Gasteiger charge is 2.17. The first kappa shape index (κ1) is 17.1. The largest absolute Gasteiger partial charge is 0.478 e. The minimum Gasteiger partial charge on any atom is -0.478 e. The van der Waals surface area contributed by atoms with Crippen LogP contribution in [-0.2, 0) is 0 Å². The van der Waals surface area contributed by atoms with Gasteiger partial charge in [0.25, 0.3) is 0 Å². The lowest BCUT2D eigenvalue weighted by atomic mass is 9.99. The zero-order chi connectivity index (χ0) is 19.7. The lowest BCUT2D eigenvalue weighted by molar-refractivity contribution is 0.0685. The van der Waals surface area contributed by atoms with E-state index in [1.54, 1.807) is 24.3 Å². The molecule has 0 bridgehead atoms. The molecule has 2 N–H and O–H groups in total. The van der Waals surface area contributed by atoms with Gasteiger partial charge in [0.1, 0.15) is 25.3 Å². The van der Waals surface area contributed by atoms with Crippen LogP contribution in [0.2, 0.25) is 0 Å².